The zero-order valence-corrected chi connectivity index (χ0v) is 15.0. The van der Waals surface area contributed by atoms with Crippen LogP contribution in [-0.4, -0.2) is 50.7 Å². The van der Waals surface area contributed by atoms with Crippen molar-refractivity contribution in [2.75, 3.05) is 13.1 Å². The fourth-order valence-electron chi connectivity index (χ4n) is 3.25. The van der Waals surface area contributed by atoms with Crippen LogP contribution < -0.4 is 0 Å². The molecule has 0 saturated carbocycles. The molecule has 0 aliphatic carbocycles. The van der Waals surface area contributed by atoms with E-state index in [-0.39, 0.29) is 5.91 Å². The molecule has 0 radical (unpaired) electrons. The SMILES string of the molecule is Cc1nn(C)c2ncc(C(=O)OC(C)C(=O)N3CCCCCC3)cc12. The quantitative estimate of drug-likeness (QED) is 0.798. The highest BCUT2D eigenvalue weighted by Gasteiger charge is 2.25. The first-order chi connectivity index (χ1) is 12.0. The van der Waals surface area contributed by atoms with Crippen molar-refractivity contribution in [2.24, 2.45) is 7.05 Å². The number of rotatable bonds is 3. The molecule has 0 spiro atoms. The number of hydrogen-bond acceptors (Lipinski definition) is 5. The maximum atomic E-state index is 12.5. The van der Waals surface area contributed by atoms with E-state index in [2.05, 4.69) is 10.1 Å². The van der Waals surface area contributed by atoms with Crippen LogP contribution in [0.15, 0.2) is 12.3 Å². The molecule has 3 rings (SSSR count). The Morgan fingerprint density at radius 3 is 2.56 bits per heavy atom. The lowest BCUT2D eigenvalue weighted by Crippen LogP contribution is -2.40. The van der Waals surface area contributed by atoms with Gasteiger partial charge in [0.25, 0.3) is 5.91 Å². The summed E-state index contributed by atoms with van der Waals surface area (Å²) in [7, 11) is 1.81. The first-order valence-corrected chi connectivity index (χ1v) is 8.76. The Bertz CT molecular complexity index is 791. The Morgan fingerprint density at radius 2 is 1.88 bits per heavy atom. The highest BCUT2D eigenvalue weighted by Crippen LogP contribution is 2.18. The molecular formula is C18H24N4O3. The monoisotopic (exact) mass is 344 g/mol. The van der Waals surface area contributed by atoms with E-state index in [1.165, 1.54) is 6.20 Å². The third-order valence-electron chi connectivity index (χ3n) is 4.65. The Morgan fingerprint density at radius 1 is 1.20 bits per heavy atom. The van der Waals surface area contributed by atoms with Crippen molar-refractivity contribution in [3.63, 3.8) is 0 Å². The molecule has 2 aromatic rings. The van der Waals surface area contributed by atoms with Crippen LogP contribution >= 0.6 is 0 Å². The number of likely N-dealkylation sites (tertiary alicyclic amines) is 1. The van der Waals surface area contributed by atoms with Gasteiger partial charge in [0.05, 0.1) is 11.3 Å². The molecule has 1 fully saturated rings. The second kappa shape index (κ2) is 7.21. The first-order valence-electron chi connectivity index (χ1n) is 8.76. The van der Waals surface area contributed by atoms with Gasteiger partial charge in [-0.1, -0.05) is 12.8 Å². The molecule has 7 nitrogen and oxygen atoms in total. The van der Waals surface area contributed by atoms with Crippen molar-refractivity contribution in [3.8, 4) is 0 Å². The molecule has 1 saturated heterocycles. The highest BCUT2D eigenvalue weighted by molar-refractivity contribution is 5.95. The third-order valence-corrected chi connectivity index (χ3v) is 4.65. The van der Waals surface area contributed by atoms with Crippen LogP contribution in [-0.2, 0) is 16.6 Å². The Hall–Kier alpha value is -2.44. The zero-order chi connectivity index (χ0) is 18.0. The van der Waals surface area contributed by atoms with Crippen molar-refractivity contribution < 1.29 is 14.3 Å². The number of esters is 1. The summed E-state index contributed by atoms with van der Waals surface area (Å²) in [6, 6.07) is 1.72. The lowest BCUT2D eigenvalue weighted by atomic mass is 10.2. The Labute approximate surface area is 147 Å². The van der Waals surface area contributed by atoms with E-state index in [0.717, 1.165) is 49.9 Å². The highest BCUT2D eigenvalue weighted by atomic mass is 16.5. The summed E-state index contributed by atoms with van der Waals surface area (Å²) in [6.45, 7) is 4.98. The van der Waals surface area contributed by atoms with Gasteiger partial charge in [-0.2, -0.15) is 5.10 Å². The summed E-state index contributed by atoms with van der Waals surface area (Å²) in [5.41, 5.74) is 1.84. The molecule has 25 heavy (non-hydrogen) atoms. The van der Waals surface area contributed by atoms with Crippen LogP contribution in [0, 0.1) is 6.92 Å². The van der Waals surface area contributed by atoms with Gasteiger partial charge in [0, 0.05) is 31.7 Å². The number of ether oxygens (including phenoxy) is 1. The molecule has 1 aliphatic heterocycles. The summed E-state index contributed by atoms with van der Waals surface area (Å²) >= 11 is 0. The lowest BCUT2D eigenvalue weighted by molar-refractivity contribution is -0.139. The number of fused-ring (bicyclic) bond motifs is 1. The van der Waals surface area contributed by atoms with Crippen LogP contribution in [0.3, 0.4) is 0 Å². The number of hydrogen-bond donors (Lipinski definition) is 0. The molecule has 0 N–H and O–H groups in total. The van der Waals surface area contributed by atoms with Crippen molar-refractivity contribution in [1.82, 2.24) is 19.7 Å². The minimum Gasteiger partial charge on any atom is -0.449 e. The van der Waals surface area contributed by atoms with Gasteiger partial charge >= 0.3 is 5.97 Å². The van der Waals surface area contributed by atoms with Gasteiger partial charge in [-0.05, 0) is 32.8 Å². The summed E-state index contributed by atoms with van der Waals surface area (Å²) in [4.78, 5) is 31.0. The summed E-state index contributed by atoms with van der Waals surface area (Å²) in [5.74, 6) is -0.657. The molecule has 0 aromatic carbocycles. The minimum absolute atomic E-state index is 0.123. The van der Waals surface area contributed by atoms with Crippen molar-refractivity contribution >= 4 is 22.9 Å². The van der Waals surface area contributed by atoms with E-state index in [1.807, 2.05) is 14.0 Å². The summed E-state index contributed by atoms with van der Waals surface area (Å²) < 4.78 is 7.06. The van der Waals surface area contributed by atoms with Crippen LogP contribution in [0.25, 0.3) is 11.0 Å². The minimum atomic E-state index is -0.795. The average molecular weight is 344 g/mol. The number of aromatic nitrogens is 3. The van der Waals surface area contributed by atoms with Crippen LogP contribution in [0.1, 0.15) is 48.7 Å². The van der Waals surface area contributed by atoms with Gasteiger partial charge in [-0.3, -0.25) is 9.48 Å². The third kappa shape index (κ3) is 3.65. The van der Waals surface area contributed by atoms with Crippen LogP contribution in [0.2, 0.25) is 0 Å². The molecule has 1 unspecified atom stereocenters. The number of carbonyl (C=O) groups is 2. The Kier molecular flexibility index (Phi) is 5.01. The van der Waals surface area contributed by atoms with E-state index < -0.39 is 12.1 Å². The predicted octanol–water partition coefficient (Wildman–Crippen LogP) is 2.22. The molecule has 1 amide bonds. The maximum absolute atomic E-state index is 12.5. The molecule has 7 heteroatoms. The normalized spacial score (nSPS) is 16.5. The lowest BCUT2D eigenvalue weighted by Gasteiger charge is -2.23. The summed E-state index contributed by atoms with van der Waals surface area (Å²) in [5, 5.41) is 5.10. The van der Waals surface area contributed by atoms with Crippen LogP contribution in [0.4, 0.5) is 0 Å². The van der Waals surface area contributed by atoms with Gasteiger partial charge in [-0.15, -0.1) is 0 Å². The van der Waals surface area contributed by atoms with E-state index in [9.17, 15) is 9.59 Å². The van der Waals surface area contributed by atoms with Crippen molar-refractivity contribution in [2.45, 2.75) is 45.6 Å². The molecule has 134 valence electrons. The van der Waals surface area contributed by atoms with Gasteiger partial charge in [-0.25, -0.2) is 9.78 Å². The maximum Gasteiger partial charge on any atom is 0.340 e. The standard InChI is InChI=1S/C18H24N4O3/c1-12-15-10-14(11-19-16(15)21(3)20-12)18(24)25-13(2)17(23)22-8-6-4-5-7-9-22/h10-11,13H,4-9H2,1-3H3. The van der Waals surface area contributed by atoms with E-state index in [0.29, 0.717) is 11.2 Å². The number of pyridine rings is 1. The van der Waals surface area contributed by atoms with E-state index >= 15 is 0 Å². The summed E-state index contributed by atoms with van der Waals surface area (Å²) in [6.07, 6.45) is 4.98. The second-order valence-corrected chi connectivity index (χ2v) is 6.59. The zero-order valence-electron chi connectivity index (χ0n) is 15.0. The molecule has 0 bridgehead atoms. The van der Waals surface area contributed by atoms with Gasteiger partial charge in [0.2, 0.25) is 0 Å². The topological polar surface area (TPSA) is 77.3 Å². The number of amides is 1. The van der Waals surface area contributed by atoms with Crippen molar-refractivity contribution in [1.29, 1.82) is 0 Å². The fourth-order valence-corrected chi connectivity index (χ4v) is 3.25. The second-order valence-electron chi connectivity index (χ2n) is 6.59. The number of nitrogens with zero attached hydrogens (tertiary/aromatic N) is 4. The fraction of sp³-hybridized carbons (Fsp3) is 0.556. The van der Waals surface area contributed by atoms with Crippen molar-refractivity contribution in [3.05, 3.63) is 23.5 Å². The number of aryl methyl sites for hydroxylation is 2. The average Bonchev–Trinajstić information content (AvgIpc) is 2.79. The molecular weight excluding hydrogens is 320 g/mol. The molecule has 1 atom stereocenters. The molecule has 1 aliphatic rings. The van der Waals surface area contributed by atoms with Gasteiger partial charge in [0.1, 0.15) is 0 Å². The predicted molar refractivity (Wildman–Crippen MR) is 93.2 cm³/mol. The van der Waals surface area contributed by atoms with Crippen LogP contribution in [0.5, 0.6) is 0 Å². The van der Waals surface area contributed by atoms with E-state index in [4.69, 9.17) is 4.74 Å². The number of carbonyl (C=O) groups excluding carboxylic acids is 2. The smallest absolute Gasteiger partial charge is 0.340 e. The van der Waals surface area contributed by atoms with Gasteiger partial charge < -0.3 is 9.64 Å². The molecule has 3 heterocycles. The Balaban J connectivity index is 1.70. The largest absolute Gasteiger partial charge is 0.449 e. The van der Waals surface area contributed by atoms with Gasteiger partial charge in [0.15, 0.2) is 11.8 Å². The van der Waals surface area contributed by atoms with E-state index in [1.54, 1.807) is 22.6 Å². The molecule has 2 aromatic heterocycles. The first kappa shape index (κ1) is 17.4.